The minimum Gasteiger partial charge on any atom is -0.496 e. The van der Waals surface area contributed by atoms with Gasteiger partial charge in [0, 0.05) is 13.1 Å². The Morgan fingerprint density at radius 2 is 1.76 bits per heavy atom. The predicted molar refractivity (Wildman–Crippen MR) is 124 cm³/mol. The van der Waals surface area contributed by atoms with Crippen LogP contribution in [0.4, 0.5) is 0 Å². The van der Waals surface area contributed by atoms with Gasteiger partial charge in [0.05, 0.1) is 32.3 Å². The van der Waals surface area contributed by atoms with E-state index in [4.69, 9.17) is 14.2 Å². The van der Waals surface area contributed by atoms with E-state index in [-0.39, 0.29) is 31.1 Å². The molecular weight excluding hydrogens is 462 g/mol. The molecule has 1 heterocycles. The van der Waals surface area contributed by atoms with E-state index in [0.717, 1.165) is 5.56 Å². The van der Waals surface area contributed by atoms with Crippen molar-refractivity contribution in [3.63, 3.8) is 0 Å². The van der Waals surface area contributed by atoms with E-state index in [9.17, 15) is 18.0 Å². The smallest absolute Gasteiger partial charge is 0.309 e. The molecule has 0 aliphatic carbocycles. The van der Waals surface area contributed by atoms with Crippen LogP contribution in [0.15, 0.2) is 47.4 Å². The maximum atomic E-state index is 13.1. The molecule has 34 heavy (non-hydrogen) atoms. The van der Waals surface area contributed by atoms with E-state index in [1.54, 1.807) is 20.1 Å². The van der Waals surface area contributed by atoms with Crippen molar-refractivity contribution in [2.75, 3.05) is 40.5 Å². The van der Waals surface area contributed by atoms with Gasteiger partial charge in [0.25, 0.3) is 0 Å². The number of ether oxygens (including phenoxy) is 3. The quantitative estimate of drug-likeness (QED) is 0.498. The number of sulfonamides is 1. The van der Waals surface area contributed by atoms with Crippen LogP contribution in [0.5, 0.6) is 11.5 Å². The molecule has 0 bridgehead atoms. The van der Waals surface area contributed by atoms with E-state index >= 15 is 0 Å². The van der Waals surface area contributed by atoms with Crippen molar-refractivity contribution in [1.29, 1.82) is 0 Å². The van der Waals surface area contributed by atoms with Gasteiger partial charge in [-0.1, -0.05) is 18.2 Å². The first-order chi connectivity index (χ1) is 16.3. The number of methoxy groups -OCH3 is 2. The molecule has 2 amide bonds. The van der Waals surface area contributed by atoms with Gasteiger partial charge in [0.15, 0.2) is 0 Å². The highest BCUT2D eigenvalue weighted by Gasteiger charge is 2.37. The summed E-state index contributed by atoms with van der Waals surface area (Å²) in [5.74, 6) is -0.397. The summed E-state index contributed by atoms with van der Waals surface area (Å²) in [4.78, 5) is 24.5. The summed E-state index contributed by atoms with van der Waals surface area (Å²) < 4.78 is 43.3. The molecule has 1 aliphatic heterocycles. The molecule has 184 valence electrons. The number of benzene rings is 2. The lowest BCUT2D eigenvalue weighted by atomic mass is 10.1. The molecule has 11 heteroatoms. The summed E-state index contributed by atoms with van der Waals surface area (Å²) in [5.41, 5.74) is 1.58. The number of carbonyl (C=O) groups is 2. The molecule has 10 nitrogen and oxygen atoms in total. The number of amides is 2. The summed E-state index contributed by atoms with van der Waals surface area (Å²) in [5, 5.41) is 5.00. The summed E-state index contributed by atoms with van der Waals surface area (Å²) in [6.45, 7) is 2.15. The van der Waals surface area contributed by atoms with Gasteiger partial charge in [-0.25, -0.2) is 8.42 Å². The second kappa shape index (κ2) is 11.3. The van der Waals surface area contributed by atoms with Gasteiger partial charge >= 0.3 is 11.8 Å². The molecule has 2 N–H and O–H groups in total. The second-order valence-electron chi connectivity index (χ2n) is 7.60. The number of nitrogens with one attached hydrogen (secondary N) is 2. The molecular formula is C23H29N3O7S. The van der Waals surface area contributed by atoms with Crippen molar-refractivity contribution in [2.24, 2.45) is 0 Å². The van der Waals surface area contributed by atoms with Gasteiger partial charge in [0.2, 0.25) is 10.0 Å². The molecule has 2 aromatic rings. The van der Waals surface area contributed by atoms with Gasteiger partial charge in [-0.05, 0) is 48.7 Å². The zero-order valence-electron chi connectivity index (χ0n) is 19.4. The van der Waals surface area contributed by atoms with Crippen LogP contribution >= 0.6 is 0 Å². The van der Waals surface area contributed by atoms with Crippen LogP contribution in [0.2, 0.25) is 0 Å². The third kappa shape index (κ3) is 5.85. The maximum Gasteiger partial charge on any atom is 0.309 e. The van der Waals surface area contributed by atoms with Crippen molar-refractivity contribution < 1.29 is 32.2 Å². The lowest BCUT2D eigenvalue weighted by Gasteiger charge is -2.23. The first-order valence-electron chi connectivity index (χ1n) is 10.7. The Hall–Kier alpha value is -3.15. The predicted octanol–water partition coefficient (Wildman–Crippen LogP) is 0.834. The van der Waals surface area contributed by atoms with Crippen molar-refractivity contribution >= 4 is 21.8 Å². The number of hydrogen-bond acceptors (Lipinski definition) is 7. The molecule has 0 spiro atoms. The fourth-order valence-electron chi connectivity index (χ4n) is 3.65. The van der Waals surface area contributed by atoms with E-state index in [1.807, 2.05) is 24.3 Å². The molecule has 1 atom stereocenters. The molecule has 2 aromatic carbocycles. The molecule has 3 rings (SSSR count). The van der Waals surface area contributed by atoms with E-state index < -0.39 is 28.1 Å². The Morgan fingerprint density at radius 1 is 1.06 bits per heavy atom. The average Bonchev–Trinajstić information content (AvgIpc) is 3.32. The highest BCUT2D eigenvalue weighted by molar-refractivity contribution is 7.89. The third-order valence-corrected chi connectivity index (χ3v) is 7.32. The van der Waals surface area contributed by atoms with Crippen LogP contribution in [0.3, 0.4) is 0 Å². The van der Waals surface area contributed by atoms with Gasteiger partial charge in [-0.15, -0.1) is 0 Å². The zero-order chi connectivity index (χ0) is 24.7. The first-order valence-corrected chi connectivity index (χ1v) is 12.2. The lowest BCUT2D eigenvalue weighted by Crippen LogP contribution is -2.47. The van der Waals surface area contributed by atoms with Crippen LogP contribution < -0.4 is 20.1 Å². The Bertz CT molecular complexity index is 1140. The second-order valence-corrected chi connectivity index (χ2v) is 9.49. The van der Waals surface area contributed by atoms with Gasteiger partial charge in [-0.2, -0.15) is 4.31 Å². The van der Waals surface area contributed by atoms with E-state index in [0.29, 0.717) is 23.5 Å². The molecule has 1 saturated heterocycles. The van der Waals surface area contributed by atoms with Crippen molar-refractivity contribution in [1.82, 2.24) is 14.9 Å². The summed E-state index contributed by atoms with van der Waals surface area (Å²) in [6.07, 6.45) is -0.431. The highest BCUT2D eigenvalue weighted by atomic mass is 32.2. The van der Waals surface area contributed by atoms with Crippen molar-refractivity contribution in [3.8, 4) is 11.5 Å². The minimum absolute atomic E-state index is 0.0988. The van der Waals surface area contributed by atoms with Gasteiger partial charge < -0.3 is 24.8 Å². The summed E-state index contributed by atoms with van der Waals surface area (Å²) in [7, 11) is -0.789. The zero-order valence-corrected chi connectivity index (χ0v) is 20.2. The Morgan fingerprint density at radius 3 is 2.47 bits per heavy atom. The number of nitrogens with zero attached hydrogens (tertiary/aromatic N) is 1. The normalized spacial score (nSPS) is 16.1. The lowest BCUT2D eigenvalue weighted by molar-refractivity contribution is -0.139. The number of aryl methyl sites for hydroxylation is 1. The summed E-state index contributed by atoms with van der Waals surface area (Å²) >= 11 is 0. The van der Waals surface area contributed by atoms with E-state index in [2.05, 4.69) is 10.6 Å². The molecule has 0 saturated carbocycles. The summed E-state index contributed by atoms with van der Waals surface area (Å²) in [6, 6.07) is 12.0. The van der Waals surface area contributed by atoms with Gasteiger partial charge in [0.1, 0.15) is 17.7 Å². The molecule has 0 radical (unpaired) electrons. The number of hydrogen-bond donors (Lipinski definition) is 2. The highest BCUT2D eigenvalue weighted by Crippen LogP contribution is 2.26. The standard InChI is InChI=1S/C23H29N3O7S/c1-16-14-18(8-9-19(16)31-2)34(29,30)26-12-13-33-21(26)15-25-23(28)22(27)24-11-10-17-6-4-5-7-20(17)32-3/h4-9,14,21H,10-13,15H2,1-3H3,(H,24,27)(H,25,28)/t21-/m0/s1. The monoisotopic (exact) mass is 491 g/mol. The molecule has 1 fully saturated rings. The van der Waals surface area contributed by atoms with Crippen LogP contribution in [-0.2, 0) is 30.8 Å². The van der Waals surface area contributed by atoms with Crippen LogP contribution in [-0.4, -0.2) is 71.2 Å². The van der Waals surface area contributed by atoms with Crippen LogP contribution in [0, 0.1) is 6.92 Å². The molecule has 0 aromatic heterocycles. The topological polar surface area (TPSA) is 123 Å². The number of para-hydroxylation sites is 1. The first kappa shape index (κ1) is 25.5. The molecule has 1 aliphatic rings. The maximum absolute atomic E-state index is 13.1. The Labute approximate surface area is 199 Å². The molecule has 0 unspecified atom stereocenters. The fraction of sp³-hybridized carbons (Fsp3) is 0.391. The van der Waals surface area contributed by atoms with Crippen molar-refractivity contribution in [2.45, 2.75) is 24.5 Å². The largest absolute Gasteiger partial charge is 0.496 e. The number of rotatable bonds is 9. The average molecular weight is 492 g/mol. The van der Waals surface area contributed by atoms with Crippen LogP contribution in [0.1, 0.15) is 11.1 Å². The minimum atomic E-state index is -3.87. The Kier molecular flexibility index (Phi) is 8.48. The van der Waals surface area contributed by atoms with Crippen molar-refractivity contribution in [3.05, 3.63) is 53.6 Å². The number of carbonyl (C=O) groups excluding carboxylic acids is 2. The fourth-order valence-corrected chi connectivity index (χ4v) is 5.25. The third-order valence-electron chi connectivity index (χ3n) is 5.43. The SMILES string of the molecule is COc1ccc(S(=O)(=O)N2CCO[C@H]2CNC(=O)C(=O)NCCc2ccccc2OC)cc1C. The Balaban J connectivity index is 1.54. The van der Waals surface area contributed by atoms with Crippen LogP contribution in [0.25, 0.3) is 0 Å². The van der Waals surface area contributed by atoms with E-state index in [1.165, 1.54) is 23.5 Å². The van der Waals surface area contributed by atoms with Gasteiger partial charge in [-0.3, -0.25) is 9.59 Å².